The van der Waals surface area contributed by atoms with Gasteiger partial charge in [0.25, 0.3) is 0 Å². The van der Waals surface area contributed by atoms with Gasteiger partial charge in [0.1, 0.15) is 0 Å². The monoisotopic (exact) mass is 266 g/mol. The molecule has 1 heterocycles. The molecule has 2 fully saturated rings. The molecule has 19 heavy (non-hydrogen) atoms. The Morgan fingerprint density at radius 1 is 1.00 bits per heavy atom. The van der Waals surface area contributed by atoms with Crippen LogP contribution in [-0.4, -0.2) is 37.6 Å². The SMILES string of the molecule is CCCCC1CCC(CNCCN2CCCC2)CC1. The normalized spacial score (nSPS) is 28.9. The highest BCUT2D eigenvalue weighted by Gasteiger charge is 2.20. The minimum Gasteiger partial charge on any atom is -0.315 e. The Balaban J connectivity index is 1.46. The first-order valence-corrected chi connectivity index (χ1v) is 8.81. The number of likely N-dealkylation sites (tertiary alicyclic amines) is 1. The highest BCUT2D eigenvalue weighted by molar-refractivity contribution is 4.74. The van der Waals surface area contributed by atoms with Gasteiger partial charge in [-0.05, 0) is 57.2 Å². The van der Waals surface area contributed by atoms with E-state index in [1.165, 1.54) is 90.5 Å². The fourth-order valence-electron chi connectivity index (χ4n) is 3.77. The number of nitrogens with zero attached hydrogens (tertiary/aromatic N) is 1. The third-order valence-electron chi connectivity index (χ3n) is 5.17. The molecular formula is C17H34N2. The lowest BCUT2D eigenvalue weighted by Crippen LogP contribution is -2.33. The molecule has 1 saturated heterocycles. The van der Waals surface area contributed by atoms with Gasteiger partial charge in [0.2, 0.25) is 0 Å². The first-order chi connectivity index (χ1) is 9.38. The van der Waals surface area contributed by atoms with E-state index in [0.717, 1.165) is 11.8 Å². The van der Waals surface area contributed by atoms with Crippen LogP contribution in [0.25, 0.3) is 0 Å². The molecule has 0 radical (unpaired) electrons. The maximum atomic E-state index is 3.70. The van der Waals surface area contributed by atoms with Crippen LogP contribution in [0.4, 0.5) is 0 Å². The van der Waals surface area contributed by atoms with Crippen LogP contribution >= 0.6 is 0 Å². The van der Waals surface area contributed by atoms with E-state index in [0.29, 0.717) is 0 Å². The summed E-state index contributed by atoms with van der Waals surface area (Å²) in [5.41, 5.74) is 0. The zero-order valence-electron chi connectivity index (χ0n) is 13.0. The van der Waals surface area contributed by atoms with Crippen LogP contribution in [0, 0.1) is 11.8 Å². The lowest BCUT2D eigenvalue weighted by molar-refractivity contribution is 0.250. The van der Waals surface area contributed by atoms with Crippen molar-refractivity contribution < 1.29 is 0 Å². The summed E-state index contributed by atoms with van der Waals surface area (Å²) in [7, 11) is 0. The lowest BCUT2D eigenvalue weighted by atomic mass is 9.80. The van der Waals surface area contributed by atoms with Crippen molar-refractivity contribution in [3.8, 4) is 0 Å². The molecule has 1 saturated carbocycles. The second-order valence-corrected chi connectivity index (χ2v) is 6.78. The maximum absolute atomic E-state index is 3.70. The average molecular weight is 266 g/mol. The van der Waals surface area contributed by atoms with Gasteiger partial charge < -0.3 is 10.2 Å². The minimum absolute atomic E-state index is 0.969. The molecule has 1 N–H and O–H groups in total. The number of rotatable bonds is 8. The summed E-state index contributed by atoms with van der Waals surface area (Å²) >= 11 is 0. The highest BCUT2D eigenvalue weighted by atomic mass is 15.1. The summed E-state index contributed by atoms with van der Waals surface area (Å²) in [6, 6.07) is 0. The quantitative estimate of drug-likeness (QED) is 0.674. The van der Waals surface area contributed by atoms with Crippen LogP contribution in [0.1, 0.15) is 64.7 Å². The van der Waals surface area contributed by atoms with Crippen LogP contribution in [0.2, 0.25) is 0 Å². The van der Waals surface area contributed by atoms with Crippen molar-refractivity contribution in [3.63, 3.8) is 0 Å². The van der Waals surface area contributed by atoms with Gasteiger partial charge in [-0.15, -0.1) is 0 Å². The second-order valence-electron chi connectivity index (χ2n) is 6.78. The molecule has 0 bridgehead atoms. The molecule has 0 spiro atoms. The van der Waals surface area contributed by atoms with Gasteiger partial charge in [0, 0.05) is 13.1 Å². The Kier molecular flexibility index (Phi) is 7.23. The maximum Gasteiger partial charge on any atom is 0.0107 e. The van der Waals surface area contributed by atoms with Crippen LogP contribution in [-0.2, 0) is 0 Å². The van der Waals surface area contributed by atoms with Crippen molar-refractivity contribution in [2.24, 2.45) is 11.8 Å². The standard InChI is InChI=1S/C17H34N2/c1-2-3-6-16-7-9-17(10-8-16)15-18-11-14-19-12-4-5-13-19/h16-18H,2-15H2,1H3. The smallest absolute Gasteiger partial charge is 0.0107 e. The van der Waals surface area contributed by atoms with Gasteiger partial charge in [0.05, 0.1) is 0 Å². The van der Waals surface area contributed by atoms with Crippen molar-refractivity contribution in [1.29, 1.82) is 0 Å². The molecule has 2 rings (SSSR count). The Morgan fingerprint density at radius 2 is 1.68 bits per heavy atom. The third kappa shape index (κ3) is 5.83. The topological polar surface area (TPSA) is 15.3 Å². The summed E-state index contributed by atoms with van der Waals surface area (Å²) in [6.07, 6.45) is 13.1. The Hall–Kier alpha value is -0.0800. The van der Waals surface area contributed by atoms with E-state index in [1.54, 1.807) is 0 Å². The molecular weight excluding hydrogens is 232 g/mol. The molecule has 0 atom stereocenters. The molecule has 1 aliphatic heterocycles. The second kappa shape index (κ2) is 8.97. The molecule has 2 heteroatoms. The van der Waals surface area contributed by atoms with E-state index in [1.807, 2.05) is 0 Å². The summed E-state index contributed by atoms with van der Waals surface area (Å²) in [5.74, 6) is 2.03. The van der Waals surface area contributed by atoms with E-state index in [-0.39, 0.29) is 0 Å². The zero-order valence-corrected chi connectivity index (χ0v) is 13.0. The zero-order chi connectivity index (χ0) is 13.3. The van der Waals surface area contributed by atoms with Crippen LogP contribution in [0.3, 0.4) is 0 Å². The van der Waals surface area contributed by atoms with Gasteiger partial charge in [-0.1, -0.05) is 39.0 Å². The third-order valence-corrected chi connectivity index (χ3v) is 5.17. The van der Waals surface area contributed by atoms with Gasteiger partial charge in [0.15, 0.2) is 0 Å². The van der Waals surface area contributed by atoms with Crippen molar-refractivity contribution in [2.75, 3.05) is 32.7 Å². The number of hydrogen-bond donors (Lipinski definition) is 1. The molecule has 2 nitrogen and oxygen atoms in total. The number of unbranched alkanes of at least 4 members (excludes halogenated alkanes) is 1. The van der Waals surface area contributed by atoms with Crippen molar-refractivity contribution in [2.45, 2.75) is 64.7 Å². The van der Waals surface area contributed by atoms with Gasteiger partial charge in [-0.25, -0.2) is 0 Å². The molecule has 0 aromatic rings. The predicted octanol–water partition coefficient (Wildman–Crippen LogP) is 3.67. The lowest BCUT2D eigenvalue weighted by Gasteiger charge is -2.29. The molecule has 2 aliphatic rings. The first kappa shape index (κ1) is 15.3. The van der Waals surface area contributed by atoms with Gasteiger partial charge >= 0.3 is 0 Å². The van der Waals surface area contributed by atoms with E-state index in [4.69, 9.17) is 0 Å². The number of nitrogens with one attached hydrogen (secondary N) is 1. The molecule has 0 aromatic carbocycles. The largest absolute Gasteiger partial charge is 0.315 e. The van der Waals surface area contributed by atoms with Crippen molar-refractivity contribution in [3.05, 3.63) is 0 Å². The van der Waals surface area contributed by atoms with E-state index in [9.17, 15) is 0 Å². The first-order valence-electron chi connectivity index (χ1n) is 8.81. The van der Waals surface area contributed by atoms with Crippen molar-refractivity contribution in [1.82, 2.24) is 10.2 Å². The Morgan fingerprint density at radius 3 is 2.37 bits per heavy atom. The molecule has 112 valence electrons. The van der Waals surface area contributed by atoms with Crippen molar-refractivity contribution >= 4 is 0 Å². The molecule has 0 amide bonds. The van der Waals surface area contributed by atoms with E-state index in [2.05, 4.69) is 17.1 Å². The van der Waals surface area contributed by atoms with Gasteiger partial charge in [-0.2, -0.15) is 0 Å². The highest BCUT2D eigenvalue weighted by Crippen LogP contribution is 2.31. The summed E-state index contributed by atoms with van der Waals surface area (Å²) in [4.78, 5) is 2.61. The predicted molar refractivity (Wildman–Crippen MR) is 83.5 cm³/mol. The van der Waals surface area contributed by atoms with Crippen LogP contribution in [0.15, 0.2) is 0 Å². The van der Waals surface area contributed by atoms with Crippen LogP contribution < -0.4 is 5.32 Å². The van der Waals surface area contributed by atoms with E-state index >= 15 is 0 Å². The summed E-state index contributed by atoms with van der Waals surface area (Å²) in [6.45, 7) is 8.74. The number of hydrogen-bond acceptors (Lipinski definition) is 2. The summed E-state index contributed by atoms with van der Waals surface area (Å²) in [5, 5.41) is 3.70. The fourth-order valence-corrected chi connectivity index (χ4v) is 3.77. The molecule has 0 unspecified atom stereocenters. The molecule has 1 aliphatic carbocycles. The fraction of sp³-hybridized carbons (Fsp3) is 1.00. The Bertz CT molecular complexity index is 215. The van der Waals surface area contributed by atoms with E-state index < -0.39 is 0 Å². The Labute approximate surface area is 120 Å². The van der Waals surface area contributed by atoms with Crippen LogP contribution in [0.5, 0.6) is 0 Å². The molecule has 0 aromatic heterocycles. The average Bonchev–Trinajstić information content (AvgIpc) is 2.96. The summed E-state index contributed by atoms with van der Waals surface area (Å²) < 4.78 is 0. The van der Waals surface area contributed by atoms with Gasteiger partial charge in [-0.3, -0.25) is 0 Å². The minimum atomic E-state index is 0.969.